The summed E-state index contributed by atoms with van der Waals surface area (Å²) < 4.78 is 1.11. The molecule has 2 nitrogen and oxygen atoms in total. The third-order valence-electron chi connectivity index (χ3n) is 3.52. The molecule has 0 unspecified atom stereocenters. The molecule has 1 aromatic heterocycles. The van der Waals surface area contributed by atoms with Crippen molar-refractivity contribution in [3.8, 4) is 0 Å². The lowest BCUT2D eigenvalue weighted by molar-refractivity contribution is 0.970. The molecular formula is C16H21BrN2. The van der Waals surface area contributed by atoms with Gasteiger partial charge in [-0.05, 0) is 53.7 Å². The highest BCUT2D eigenvalue weighted by Gasteiger charge is 2.13. The highest BCUT2D eigenvalue weighted by Crippen LogP contribution is 2.34. The van der Waals surface area contributed by atoms with Crippen molar-refractivity contribution in [3.63, 3.8) is 0 Å². The molecule has 0 radical (unpaired) electrons. The third kappa shape index (κ3) is 2.62. The highest BCUT2D eigenvalue weighted by atomic mass is 79.9. The maximum absolute atomic E-state index is 4.84. The molecular weight excluding hydrogens is 300 g/mol. The summed E-state index contributed by atoms with van der Waals surface area (Å²) in [6, 6.07) is 4.32. The summed E-state index contributed by atoms with van der Waals surface area (Å²) in [6.45, 7) is 9.61. The zero-order valence-corrected chi connectivity index (χ0v) is 13.7. The average Bonchev–Trinajstić information content (AvgIpc) is 2.41. The Hall–Kier alpha value is -1.09. The Morgan fingerprint density at radius 3 is 2.58 bits per heavy atom. The standard InChI is InChI=1S/C16H21BrN2/c1-5-9-18-15-11(4)13(6-2)19-16-12(15)8-7-10(3)14(16)17/h7-8H,5-6,9H2,1-4H3,(H,18,19). The second-order valence-corrected chi connectivity index (χ2v) is 5.72. The molecule has 102 valence electrons. The van der Waals surface area contributed by atoms with Crippen LogP contribution >= 0.6 is 15.9 Å². The molecule has 0 aliphatic rings. The molecule has 1 heterocycles. The van der Waals surface area contributed by atoms with Crippen LogP contribution in [0, 0.1) is 13.8 Å². The van der Waals surface area contributed by atoms with E-state index in [0.717, 1.165) is 29.4 Å². The Bertz CT molecular complexity index is 605. The van der Waals surface area contributed by atoms with Gasteiger partial charge in [0.15, 0.2) is 0 Å². The molecule has 2 rings (SSSR count). The van der Waals surface area contributed by atoms with Gasteiger partial charge < -0.3 is 5.32 Å². The Balaban J connectivity index is 2.75. The van der Waals surface area contributed by atoms with Gasteiger partial charge in [-0.25, -0.2) is 0 Å². The molecule has 0 spiro atoms. The summed E-state index contributed by atoms with van der Waals surface area (Å²) in [6.07, 6.45) is 2.08. The Morgan fingerprint density at radius 2 is 1.95 bits per heavy atom. The van der Waals surface area contributed by atoms with Gasteiger partial charge in [0.25, 0.3) is 0 Å². The first kappa shape index (κ1) is 14.3. The number of hydrogen-bond donors (Lipinski definition) is 1. The molecule has 1 N–H and O–H groups in total. The molecule has 0 saturated heterocycles. The van der Waals surface area contributed by atoms with Crippen LogP contribution in [0.4, 0.5) is 5.69 Å². The van der Waals surface area contributed by atoms with Gasteiger partial charge in [0.05, 0.1) is 5.52 Å². The van der Waals surface area contributed by atoms with Crippen LogP contribution in [-0.4, -0.2) is 11.5 Å². The molecule has 0 aliphatic carbocycles. The first-order valence-corrected chi connectivity index (χ1v) is 7.71. The predicted molar refractivity (Wildman–Crippen MR) is 87.1 cm³/mol. The van der Waals surface area contributed by atoms with Crippen molar-refractivity contribution < 1.29 is 0 Å². The first-order valence-electron chi connectivity index (χ1n) is 6.92. The van der Waals surface area contributed by atoms with E-state index in [2.05, 4.69) is 61.1 Å². The summed E-state index contributed by atoms with van der Waals surface area (Å²) in [5, 5.41) is 4.78. The lowest BCUT2D eigenvalue weighted by Gasteiger charge is -2.16. The second kappa shape index (κ2) is 5.91. The van der Waals surface area contributed by atoms with Crippen LogP contribution in [0.15, 0.2) is 16.6 Å². The zero-order valence-electron chi connectivity index (χ0n) is 12.1. The molecule has 1 aromatic carbocycles. The number of pyridine rings is 1. The minimum atomic E-state index is 0.961. The molecule has 0 amide bonds. The molecule has 0 aliphatic heterocycles. The van der Waals surface area contributed by atoms with Gasteiger partial charge in [-0.1, -0.05) is 26.0 Å². The number of hydrogen-bond acceptors (Lipinski definition) is 2. The van der Waals surface area contributed by atoms with Crippen LogP contribution in [-0.2, 0) is 6.42 Å². The van der Waals surface area contributed by atoms with Crippen molar-refractivity contribution in [1.29, 1.82) is 0 Å². The van der Waals surface area contributed by atoms with Crippen LogP contribution in [0.25, 0.3) is 10.9 Å². The minimum absolute atomic E-state index is 0.961. The van der Waals surface area contributed by atoms with Crippen molar-refractivity contribution in [2.75, 3.05) is 11.9 Å². The van der Waals surface area contributed by atoms with Crippen molar-refractivity contribution >= 4 is 32.5 Å². The van der Waals surface area contributed by atoms with Gasteiger partial charge in [-0.3, -0.25) is 4.98 Å². The van der Waals surface area contributed by atoms with Crippen molar-refractivity contribution in [2.45, 2.75) is 40.5 Å². The molecule has 0 bridgehead atoms. The number of rotatable bonds is 4. The maximum atomic E-state index is 4.84. The van der Waals surface area contributed by atoms with E-state index in [9.17, 15) is 0 Å². The zero-order chi connectivity index (χ0) is 14.0. The van der Waals surface area contributed by atoms with Gasteiger partial charge in [0, 0.05) is 27.8 Å². The van der Waals surface area contributed by atoms with Crippen molar-refractivity contribution in [1.82, 2.24) is 4.98 Å². The molecule has 2 aromatic rings. The predicted octanol–water partition coefficient (Wildman–Crippen LogP) is 5.00. The Kier molecular flexibility index (Phi) is 4.46. The van der Waals surface area contributed by atoms with Crippen molar-refractivity contribution in [3.05, 3.63) is 33.4 Å². The largest absolute Gasteiger partial charge is 0.384 e. The number of fused-ring (bicyclic) bond motifs is 1. The van der Waals surface area contributed by atoms with E-state index in [1.807, 2.05) is 0 Å². The van der Waals surface area contributed by atoms with Crippen LogP contribution in [0.2, 0.25) is 0 Å². The maximum Gasteiger partial charge on any atom is 0.0870 e. The van der Waals surface area contributed by atoms with Crippen LogP contribution < -0.4 is 5.32 Å². The van der Waals surface area contributed by atoms with E-state index < -0.39 is 0 Å². The fourth-order valence-electron chi connectivity index (χ4n) is 2.36. The van der Waals surface area contributed by atoms with Gasteiger partial charge in [-0.15, -0.1) is 0 Å². The SMILES string of the molecule is CCCNc1c(C)c(CC)nc2c(Br)c(C)ccc12. The Morgan fingerprint density at radius 1 is 1.21 bits per heavy atom. The summed E-state index contributed by atoms with van der Waals surface area (Å²) in [5.74, 6) is 0. The van der Waals surface area contributed by atoms with Crippen LogP contribution in [0.1, 0.15) is 37.1 Å². The summed E-state index contributed by atoms with van der Waals surface area (Å²) in [5.41, 5.74) is 5.99. The van der Waals surface area contributed by atoms with Gasteiger partial charge in [-0.2, -0.15) is 0 Å². The van der Waals surface area contributed by atoms with Gasteiger partial charge in [0.1, 0.15) is 0 Å². The number of nitrogens with zero attached hydrogens (tertiary/aromatic N) is 1. The third-order valence-corrected chi connectivity index (χ3v) is 4.52. The fraction of sp³-hybridized carbons (Fsp3) is 0.438. The smallest absolute Gasteiger partial charge is 0.0870 e. The number of halogens is 1. The Labute approximate surface area is 123 Å². The van der Waals surface area contributed by atoms with Crippen LogP contribution in [0.3, 0.4) is 0 Å². The second-order valence-electron chi connectivity index (χ2n) is 4.93. The van der Waals surface area contributed by atoms with Crippen LogP contribution in [0.5, 0.6) is 0 Å². The molecule has 19 heavy (non-hydrogen) atoms. The van der Waals surface area contributed by atoms with Gasteiger partial charge >= 0.3 is 0 Å². The number of anilines is 1. The molecule has 0 atom stereocenters. The summed E-state index contributed by atoms with van der Waals surface area (Å²) >= 11 is 3.68. The van der Waals surface area contributed by atoms with Gasteiger partial charge in [0.2, 0.25) is 0 Å². The highest BCUT2D eigenvalue weighted by molar-refractivity contribution is 9.10. The number of aromatic nitrogens is 1. The molecule has 3 heteroatoms. The quantitative estimate of drug-likeness (QED) is 0.857. The number of aryl methyl sites for hydroxylation is 2. The van der Waals surface area contributed by atoms with Crippen molar-refractivity contribution in [2.24, 2.45) is 0 Å². The van der Waals surface area contributed by atoms with E-state index in [-0.39, 0.29) is 0 Å². The van der Waals surface area contributed by atoms with E-state index in [1.165, 1.54) is 27.9 Å². The lowest BCUT2D eigenvalue weighted by Crippen LogP contribution is -2.06. The topological polar surface area (TPSA) is 24.9 Å². The molecule has 0 fully saturated rings. The van der Waals surface area contributed by atoms with E-state index in [4.69, 9.17) is 4.98 Å². The number of nitrogens with one attached hydrogen (secondary N) is 1. The summed E-state index contributed by atoms with van der Waals surface area (Å²) in [7, 11) is 0. The number of benzene rings is 1. The molecule has 0 saturated carbocycles. The van der Waals surface area contributed by atoms with E-state index >= 15 is 0 Å². The first-order chi connectivity index (χ1) is 9.10. The normalized spacial score (nSPS) is 11.0. The average molecular weight is 321 g/mol. The monoisotopic (exact) mass is 320 g/mol. The van der Waals surface area contributed by atoms with E-state index in [0.29, 0.717) is 0 Å². The summed E-state index contributed by atoms with van der Waals surface area (Å²) in [4.78, 5) is 4.84. The fourth-order valence-corrected chi connectivity index (χ4v) is 2.80. The lowest BCUT2D eigenvalue weighted by atomic mass is 10.0. The minimum Gasteiger partial charge on any atom is -0.384 e. The van der Waals surface area contributed by atoms with E-state index in [1.54, 1.807) is 0 Å².